The molecule has 0 amide bonds. The molecule has 0 aromatic rings. The fourth-order valence-corrected chi connectivity index (χ4v) is 2.88. The lowest BCUT2D eigenvalue weighted by atomic mass is 9.77. The van der Waals surface area contributed by atoms with Gasteiger partial charge in [-0.3, -0.25) is 4.90 Å². The lowest BCUT2D eigenvalue weighted by Gasteiger charge is -2.47. The van der Waals surface area contributed by atoms with Gasteiger partial charge in [0.25, 0.3) is 0 Å². The molecule has 1 aliphatic carbocycles. The Hall–Kier alpha value is -0.290. The van der Waals surface area contributed by atoms with E-state index in [2.05, 4.69) is 0 Å². The Bertz CT molecular complexity index is 240. The number of rotatable bonds is 2. The average Bonchev–Trinajstić information content (AvgIpc) is 2.16. The molecule has 2 nitrogen and oxygen atoms in total. The molecule has 16 heavy (non-hydrogen) atoms. The second-order valence-electron chi connectivity index (χ2n) is 5.02. The first kappa shape index (κ1) is 12.2. The van der Waals surface area contributed by atoms with E-state index in [9.17, 15) is 13.2 Å². The van der Waals surface area contributed by atoms with Gasteiger partial charge in [-0.2, -0.15) is 13.2 Å². The highest BCUT2D eigenvalue weighted by atomic mass is 19.4. The predicted octanol–water partition coefficient (Wildman–Crippen LogP) is 2.00. The number of nitrogens with zero attached hydrogens (tertiary/aromatic N) is 1. The van der Waals surface area contributed by atoms with Gasteiger partial charge in [-0.15, -0.1) is 0 Å². The molecule has 2 rings (SSSR count). The molecule has 2 aliphatic rings. The fourth-order valence-electron chi connectivity index (χ4n) is 2.88. The van der Waals surface area contributed by atoms with Crippen LogP contribution >= 0.6 is 0 Å². The third-order valence-corrected chi connectivity index (χ3v) is 4.06. The monoisotopic (exact) mass is 236 g/mol. The van der Waals surface area contributed by atoms with E-state index in [0.717, 1.165) is 19.4 Å². The molecule has 0 aromatic carbocycles. The molecule has 5 heteroatoms. The van der Waals surface area contributed by atoms with Crippen LogP contribution in [0.1, 0.15) is 25.7 Å². The summed E-state index contributed by atoms with van der Waals surface area (Å²) in [5.74, 6) is -0.702. The van der Waals surface area contributed by atoms with Gasteiger partial charge >= 0.3 is 6.18 Å². The molecule has 0 aromatic heterocycles. The third-order valence-electron chi connectivity index (χ3n) is 4.06. The van der Waals surface area contributed by atoms with Crippen molar-refractivity contribution in [3.8, 4) is 0 Å². The highest BCUT2D eigenvalue weighted by molar-refractivity contribution is 4.92. The van der Waals surface area contributed by atoms with Crippen LogP contribution < -0.4 is 5.73 Å². The number of hydrogen-bond acceptors (Lipinski definition) is 2. The Kier molecular flexibility index (Phi) is 3.45. The van der Waals surface area contributed by atoms with Gasteiger partial charge in [-0.05, 0) is 44.7 Å². The van der Waals surface area contributed by atoms with Gasteiger partial charge in [0.05, 0.1) is 5.92 Å². The lowest BCUT2D eigenvalue weighted by Crippen LogP contribution is -2.54. The first-order chi connectivity index (χ1) is 7.52. The van der Waals surface area contributed by atoms with E-state index in [1.54, 1.807) is 0 Å². The van der Waals surface area contributed by atoms with Gasteiger partial charge in [0.2, 0.25) is 0 Å². The summed E-state index contributed by atoms with van der Waals surface area (Å²) in [5, 5.41) is 0. The van der Waals surface area contributed by atoms with Crippen molar-refractivity contribution in [3.63, 3.8) is 0 Å². The van der Waals surface area contributed by atoms with Crippen LogP contribution in [0.2, 0.25) is 0 Å². The number of halogens is 3. The largest absolute Gasteiger partial charge is 0.393 e. The van der Waals surface area contributed by atoms with Crippen molar-refractivity contribution in [1.82, 2.24) is 4.90 Å². The normalized spacial score (nSPS) is 37.1. The summed E-state index contributed by atoms with van der Waals surface area (Å²) < 4.78 is 37.9. The SMILES string of the molecule is NCC1CCC1N1CCCC(C(F)(F)F)C1. The van der Waals surface area contributed by atoms with Gasteiger partial charge in [-0.1, -0.05) is 0 Å². The molecule has 1 heterocycles. The van der Waals surface area contributed by atoms with Crippen LogP contribution in [0, 0.1) is 11.8 Å². The van der Waals surface area contributed by atoms with E-state index >= 15 is 0 Å². The minimum Gasteiger partial charge on any atom is -0.330 e. The summed E-state index contributed by atoms with van der Waals surface area (Å²) in [7, 11) is 0. The fraction of sp³-hybridized carbons (Fsp3) is 1.00. The minimum absolute atomic E-state index is 0.185. The third kappa shape index (κ3) is 2.35. The second kappa shape index (κ2) is 4.53. The molecule has 1 saturated carbocycles. The zero-order valence-electron chi connectivity index (χ0n) is 9.34. The summed E-state index contributed by atoms with van der Waals surface area (Å²) in [5.41, 5.74) is 5.60. The first-order valence-corrected chi connectivity index (χ1v) is 6.03. The van der Waals surface area contributed by atoms with Gasteiger partial charge in [-0.25, -0.2) is 0 Å². The summed E-state index contributed by atoms with van der Waals surface area (Å²) in [6, 6.07) is 0.315. The average molecular weight is 236 g/mol. The lowest BCUT2D eigenvalue weighted by molar-refractivity contribution is -0.191. The number of piperidine rings is 1. The highest BCUT2D eigenvalue weighted by Gasteiger charge is 2.45. The summed E-state index contributed by atoms with van der Waals surface area (Å²) in [6.07, 6.45) is -0.973. The van der Waals surface area contributed by atoms with Crippen LogP contribution in [0.25, 0.3) is 0 Å². The van der Waals surface area contributed by atoms with Crippen LogP contribution in [0.15, 0.2) is 0 Å². The standard InChI is InChI=1S/C11H19F3N2/c12-11(13,14)9-2-1-5-16(7-9)10-4-3-8(10)6-15/h8-10H,1-7,15H2. The van der Waals surface area contributed by atoms with E-state index in [-0.39, 0.29) is 6.54 Å². The van der Waals surface area contributed by atoms with E-state index in [1.165, 1.54) is 0 Å². The van der Waals surface area contributed by atoms with Crippen LogP contribution in [0.3, 0.4) is 0 Å². The van der Waals surface area contributed by atoms with Crippen molar-refractivity contribution in [3.05, 3.63) is 0 Å². The number of hydrogen-bond donors (Lipinski definition) is 1. The zero-order chi connectivity index (χ0) is 11.8. The molecule has 2 N–H and O–H groups in total. The topological polar surface area (TPSA) is 29.3 Å². The van der Waals surface area contributed by atoms with Crippen LogP contribution in [0.4, 0.5) is 13.2 Å². The number of likely N-dealkylation sites (tertiary alicyclic amines) is 1. The van der Waals surface area contributed by atoms with Gasteiger partial charge in [0, 0.05) is 12.6 Å². The van der Waals surface area contributed by atoms with Crippen molar-refractivity contribution < 1.29 is 13.2 Å². The summed E-state index contributed by atoms with van der Waals surface area (Å²) in [6.45, 7) is 1.61. The van der Waals surface area contributed by atoms with Crippen molar-refractivity contribution >= 4 is 0 Å². The van der Waals surface area contributed by atoms with Crippen molar-refractivity contribution in [2.45, 2.75) is 37.9 Å². The number of alkyl halides is 3. The quantitative estimate of drug-likeness (QED) is 0.794. The molecule has 2 fully saturated rings. The Balaban J connectivity index is 1.92. The van der Waals surface area contributed by atoms with Gasteiger partial charge in [0.15, 0.2) is 0 Å². The molecular weight excluding hydrogens is 217 g/mol. The number of nitrogens with two attached hydrogens (primary N) is 1. The maximum Gasteiger partial charge on any atom is 0.393 e. The van der Waals surface area contributed by atoms with Crippen molar-refractivity contribution in [2.75, 3.05) is 19.6 Å². The van der Waals surface area contributed by atoms with Crippen LogP contribution in [-0.4, -0.2) is 36.8 Å². The van der Waals surface area contributed by atoms with Crippen LogP contribution in [-0.2, 0) is 0 Å². The molecule has 3 atom stereocenters. The Morgan fingerprint density at radius 1 is 1.19 bits per heavy atom. The predicted molar refractivity (Wildman–Crippen MR) is 55.9 cm³/mol. The molecule has 0 radical (unpaired) electrons. The molecule has 1 saturated heterocycles. The zero-order valence-corrected chi connectivity index (χ0v) is 9.34. The van der Waals surface area contributed by atoms with Gasteiger partial charge < -0.3 is 5.73 Å². The van der Waals surface area contributed by atoms with E-state index in [0.29, 0.717) is 31.3 Å². The smallest absolute Gasteiger partial charge is 0.330 e. The molecule has 3 unspecified atom stereocenters. The Morgan fingerprint density at radius 2 is 1.94 bits per heavy atom. The maximum atomic E-state index is 12.6. The van der Waals surface area contributed by atoms with Crippen molar-refractivity contribution in [2.24, 2.45) is 17.6 Å². The van der Waals surface area contributed by atoms with Gasteiger partial charge in [0.1, 0.15) is 0 Å². The Labute approximate surface area is 94.0 Å². The molecule has 1 aliphatic heterocycles. The highest BCUT2D eigenvalue weighted by Crippen LogP contribution is 2.38. The Morgan fingerprint density at radius 3 is 2.44 bits per heavy atom. The van der Waals surface area contributed by atoms with E-state index in [4.69, 9.17) is 5.73 Å². The minimum atomic E-state index is -4.03. The molecule has 94 valence electrons. The van der Waals surface area contributed by atoms with Crippen molar-refractivity contribution in [1.29, 1.82) is 0 Å². The van der Waals surface area contributed by atoms with E-state index < -0.39 is 12.1 Å². The molecular formula is C11H19F3N2. The molecule has 0 spiro atoms. The van der Waals surface area contributed by atoms with E-state index in [1.807, 2.05) is 4.90 Å². The maximum absolute atomic E-state index is 12.6. The summed E-state index contributed by atoms with van der Waals surface area (Å²) >= 11 is 0. The first-order valence-electron chi connectivity index (χ1n) is 6.03. The second-order valence-corrected chi connectivity index (χ2v) is 5.02. The molecule has 0 bridgehead atoms. The van der Waals surface area contributed by atoms with Crippen LogP contribution in [0.5, 0.6) is 0 Å². The summed E-state index contributed by atoms with van der Waals surface area (Å²) in [4.78, 5) is 2.02.